The summed E-state index contributed by atoms with van der Waals surface area (Å²) in [6, 6.07) is 25.6. The molecule has 0 bridgehead atoms. The van der Waals surface area contributed by atoms with Crippen LogP contribution in [0.5, 0.6) is 5.75 Å². The number of aromatic nitrogens is 4. The molecule has 3 heterocycles. The summed E-state index contributed by atoms with van der Waals surface area (Å²) in [5.41, 5.74) is 3.24. The van der Waals surface area contributed by atoms with E-state index in [4.69, 9.17) is 14.2 Å². The van der Waals surface area contributed by atoms with Gasteiger partial charge in [-0.25, -0.2) is 14.8 Å². The van der Waals surface area contributed by atoms with Crippen molar-refractivity contribution >= 4 is 6.16 Å². The summed E-state index contributed by atoms with van der Waals surface area (Å²) in [4.78, 5) is 38.2. The second kappa shape index (κ2) is 12.3. The topological polar surface area (TPSA) is 105 Å². The number of rotatable bonds is 9. The van der Waals surface area contributed by atoms with Crippen LogP contribution in [0.3, 0.4) is 0 Å². The first-order chi connectivity index (χ1) is 19.2. The van der Waals surface area contributed by atoms with Crippen LogP contribution in [0, 0.1) is 0 Å². The Labute approximate surface area is 224 Å². The smallest absolute Gasteiger partial charge is 0.487 e. The molecular formula is C30H24N4O5. The summed E-state index contributed by atoms with van der Waals surface area (Å²) in [6.45, 7) is 0.102. The molecule has 0 fully saturated rings. The van der Waals surface area contributed by atoms with Gasteiger partial charge in [-0.15, -0.1) is 0 Å². The van der Waals surface area contributed by atoms with E-state index in [1.54, 1.807) is 24.4 Å². The number of carbonyl (C=O) groups excluding carboxylic acids is 1. The molecule has 0 radical (unpaired) electrons. The summed E-state index contributed by atoms with van der Waals surface area (Å²) in [5.74, 6) is 0.503. The highest BCUT2D eigenvalue weighted by molar-refractivity contribution is 5.69. The van der Waals surface area contributed by atoms with Crippen LogP contribution >= 0.6 is 0 Å². The zero-order valence-corrected chi connectivity index (χ0v) is 20.8. The van der Waals surface area contributed by atoms with Gasteiger partial charge < -0.3 is 14.2 Å². The van der Waals surface area contributed by atoms with Crippen molar-refractivity contribution in [3.8, 4) is 22.7 Å². The first kappa shape index (κ1) is 25.3. The van der Waals surface area contributed by atoms with Gasteiger partial charge in [-0.3, -0.25) is 14.3 Å². The Morgan fingerprint density at radius 2 is 1.41 bits per heavy atom. The molecule has 0 aliphatic rings. The zero-order chi connectivity index (χ0) is 26.9. The van der Waals surface area contributed by atoms with Gasteiger partial charge in [0.25, 0.3) is 5.56 Å². The molecule has 0 saturated heterocycles. The monoisotopic (exact) mass is 520 g/mol. The van der Waals surface area contributed by atoms with Crippen LogP contribution in [-0.2, 0) is 29.3 Å². The van der Waals surface area contributed by atoms with Crippen molar-refractivity contribution < 1.29 is 19.0 Å². The third-order valence-corrected chi connectivity index (χ3v) is 5.79. The van der Waals surface area contributed by atoms with Gasteiger partial charge >= 0.3 is 6.16 Å². The molecule has 0 saturated carbocycles. The van der Waals surface area contributed by atoms with E-state index in [-0.39, 0.29) is 18.8 Å². The molecule has 5 aromatic rings. The van der Waals surface area contributed by atoms with E-state index in [9.17, 15) is 9.59 Å². The fourth-order valence-electron chi connectivity index (χ4n) is 3.96. The lowest BCUT2D eigenvalue weighted by Gasteiger charge is -2.18. The normalized spacial score (nSPS) is 10.6. The fraction of sp³-hybridized carbons (Fsp3) is 0.100. The van der Waals surface area contributed by atoms with E-state index in [1.807, 2.05) is 60.7 Å². The van der Waals surface area contributed by atoms with Gasteiger partial charge in [-0.05, 0) is 29.3 Å². The van der Waals surface area contributed by atoms with Crippen LogP contribution in [0.1, 0.15) is 16.8 Å². The summed E-state index contributed by atoms with van der Waals surface area (Å²) in [6.07, 6.45) is 5.12. The third-order valence-electron chi connectivity index (χ3n) is 5.79. The number of benzene rings is 2. The first-order valence-corrected chi connectivity index (χ1v) is 12.1. The summed E-state index contributed by atoms with van der Waals surface area (Å²) in [7, 11) is 0. The molecule has 0 unspecified atom stereocenters. The average molecular weight is 521 g/mol. The van der Waals surface area contributed by atoms with Gasteiger partial charge in [0.1, 0.15) is 37.6 Å². The molecule has 39 heavy (non-hydrogen) atoms. The van der Waals surface area contributed by atoms with Crippen molar-refractivity contribution in [3.05, 3.63) is 137 Å². The molecule has 3 aromatic heterocycles. The van der Waals surface area contributed by atoms with E-state index in [0.717, 1.165) is 11.1 Å². The zero-order valence-electron chi connectivity index (χ0n) is 20.8. The molecule has 0 amide bonds. The maximum absolute atomic E-state index is 13.1. The van der Waals surface area contributed by atoms with Crippen LogP contribution in [-0.4, -0.2) is 25.7 Å². The highest BCUT2D eigenvalue weighted by Crippen LogP contribution is 2.31. The maximum atomic E-state index is 13.1. The van der Waals surface area contributed by atoms with Crippen molar-refractivity contribution in [2.75, 3.05) is 0 Å². The third kappa shape index (κ3) is 6.34. The number of hydrogen-bond acceptors (Lipinski definition) is 8. The van der Waals surface area contributed by atoms with Crippen molar-refractivity contribution in [3.63, 3.8) is 0 Å². The van der Waals surface area contributed by atoms with Crippen LogP contribution in [0.4, 0.5) is 4.79 Å². The second-order valence-corrected chi connectivity index (χ2v) is 8.40. The van der Waals surface area contributed by atoms with Gasteiger partial charge in [-0.1, -0.05) is 60.7 Å². The molecule has 0 atom stereocenters. The molecule has 5 rings (SSSR count). The van der Waals surface area contributed by atoms with Gasteiger partial charge in [0, 0.05) is 17.8 Å². The van der Waals surface area contributed by atoms with E-state index in [0.29, 0.717) is 35.0 Å². The Hall–Kier alpha value is -5.31. The number of hydrogen-bond donors (Lipinski definition) is 0. The van der Waals surface area contributed by atoms with E-state index >= 15 is 0 Å². The Balaban J connectivity index is 1.47. The number of carbonyl (C=O) groups is 1. The molecule has 0 aliphatic carbocycles. The van der Waals surface area contributed by atoms with Crippen molar-refractivity contribution in [2.24, 2.45) is 0 Å². The Kier molecular flexibility index (Phi) is 7.98. The lowest BCUT2D eigenvalue weighted by atomic mass is 10.1. The lowest BCUT2D eigenvalue weighted by Crippen LogP contribution is -2.23. The van der Waals surface area contributed by atoms with E-state index in [1.165, 1.54) is 29.4 Å². The molecule has 9 heteroatoms. The first-order valence-electron chi connectivity index (χ1n) is 12.1. The number of pyridine rings is 2. The van der Waals surface area contributed by atoms with Crippen LogP contribution < -0.4 is 10.3 Å². The molecular weight excluding hydrogens is 496 g/mol. The average Bonchev–Trinajstić information content (AvgIpc) is 2.99. The molecule has 0 aliphatic heterocycles. The maximum Gasteiger partial charge on any atom is 0.508 e. The van der Waals surface area contributed by atoms with Gasteiger partial charge in [0.15, 0.2) is 0 Å². The Morgan fingerprint density at radius 1 is 0.744 bits per heavy atom. The van der Waals surface area contributed by atoms with Crippen LogP contribution in [0.15, 0.2) is 115 Å². The lowest BCUT2D eigenvalue weighted by molar-refractivity contribution is 0.0435. The fourth-order valence-corrected chi connectivity index (χ4v) is 3.96. The number of ether oxygens (including phenoxy) is 3. The van der Waals surface area contributed by atoms with Crippen molar-refractivity contribution in [2.45, 2.75) is 19.8 Å². The standard InChI is InChI=1S/C30H24N4O5/c35-28-14-13-25(29-27(12-7-15-33-29)37-18-22-8-3-1-4-9-22)26(34(28)24-16-31-21-32-17-24)20-39-30(36)38-19-23-10-5-2-6-11-23/h1-17,21H,18-20H2. The Bertz CT molecular complexity index is 1590. The number of nitrogens with zero attached hydrogens (tertiary/aromatic N) is 4. The molecule has 9 nitrogen and oxygen atoms in total. The minimum Gasteiger partial charge on any atom is -0.487 e. The SMILES string of the molecule is O=C(OCc1ccccc1)OCc1c(-c2ncccc2OCc2ccccc2)ccc(=O)n1-c1cncnc1. The molecule has 2 aromatic carbocycles. The van der Waals surface area contributed by atoms with E-state index < -0.39 is 6.16 Å². The van der Waals surface area contributed by atoms with Crippen molar-refractivity contribution in [1.82, 2.24) is 19.5 Å². The highest BCUT2D eigenvalue weighted by Gasteiger charge is 2.20. The summed E-state index contributed by atoms with van der Waals surface area (Å²) >= 11 is 0. The summed E-state index contributed by atoms with van der Waals surface area (Å²) in [5, 5.41) is 0. The highest BCUT2D eigenvalue weighted by atomic mass is 16.7. The van der Waals surface area contributed by atoms with Gasteiger partial charge in [0.05, 0.1) is 23.8 Å². The van der Waals surface area contributed by atoms with E-state index in [2.05, 4.69) is 15.0 Å². The molecule has 0 N–H and O–H groups in total. The molecule has 194 valence electrons. The molecule has 0 spiro atoms. The minimum atomic E-state index is -0.876. The van der Waals surface area contributed by atoms with Gasteiger partial charge in [0.2, 0.25) is 0 Å². The largest absolute Gasteiger partial charge is 0.508 e. The summed E-state index contributed by atoms with van der Waals surface area (Å²) < 4.78 is 18.2. The predicted molar refractivity (Wildman–Crippen MR) is 143 cm³/mol. The Morgan fingerprint density at radius 3 is 2.13 bits per heavy atom. The second-order valence-electron chi connectivity index (χ2n) is 8.40. The minimum absolute atomic E-state index is 0.0539. The predicted octanol–water partition coefficient (Wildman–Crippen LogP) is 5.12. The van der Waals surface area contributed by atoms with Crippen molar-refractivity contribution in [1.29, 1.82) is 0 Å². The van der Waals surface area contributed by atoms with Crippen LogP contribution in [0.25, 0.3) is 16.9 Å². The van der Waals surface area contributed by atoms with Crippen LogP contribution in [0.2, 0.25) is 0 Å². The quantitative estimate of drug-likeness (QED) is 0.247. The van der Waals surface area contributed by atoms with Gasteiger partial charge in [-0.2, -0.15) is 0 Å².